The van der Waals surface area contributed by atoms with Gasteiger partial charge in [-0.2, -0.15) is 0 Å². The Morgan fingerprint density at radius 3 is 1.52 bits per heavy atom. The summed E-state index contributed by atoms with van der Waals surface area (Å²) in [6.45, 7) is 0. The third-order valence-electron chi connectivity index (χ3n) is 3.87. The summed E-state index contributed by atoms with van der Waals surface area (Å²) in [7, 11) is 0. The first-order valence-corrected chi connectivity index (χ1v) is 7.85. The van der Waals surface area contributed by atoms with Gasteiger partial charge in [0.2, 0.25) is 0 Å². The average Bonchev–Trinajstić information content (AvgIpc) is 2.67. The molecule has 0 aliphatic carbocycles. The minimum atomic E-state index is -1.14. The quantitative estimate of drug-likeness (QED) is 0.538. The molecule has 0 spiro atoms. The Labute approximate surface area is 145 Å². The number of rotatable bonds is 5. The zero-order valence-electron chi connectivity index (χ0n) is 13.4. The van der Waals surface area contributed by atoms with Crippen LogP contribution in [0.15, 0.2) is 91.0 Å². The van der Waals surface area contributed by atoms with E-state index in [1.165, 1.54) is 5.56 Å². The molecule has 1 N–H and O–H groups in total. The normalized spacial score (nSPS) is 10.7. The van der Waals surface area contributed by atoms with Gasteiger partial charge in [-0.05, 0) is 28.3 Å². The van der Waals surface area contributed by atoms with E-state index in [4.69, 9.17) is 5.11 Å². The second-order valence-electron chi connectivity index (χ2n) is 5.56. The number of aliphatic carboxylic acids is 1. The van der Waals surface area contributed by atoms with Gasteiger partial charge in [-0.1, -0.05) is 78.9 Å². The molecule has 0 aromatic heterocycles. The highest BCUT2D eigenvalue weighted by Gasteiger charge is 2.04. The molecule has 0 atom stereocenters. The molecule has 0 radical (unpaired) electrons. The predicted molar refractivity (Wildman–Crippen MR) is 98.4 cm³/mol. The molecule has 0 aliphatic rings. The summed E-state index contributed by atoms with van der Waals surface area (Å²) in [5, 5.41) is 8.57. The van der Waals surface area contributed by atoms with Crippen molar-refractivity contribution in [3.63, 3.8) is 0 Å². The zero-order chi connectivity index (χ0) is 17.6. The summed E-state index contributed by atoms with van der Waals surface area (Å²) >= 11 is 0. The summed E-state index contributed by atoms with van der Waals surface area (Å²) in [5.41, 5.74) is 4.83. The number of carboxylic acid groups (broad SMARTS) is 1. The first kappa shape index (κ1) is 16.4. The van der Waals surface area contributed by atoms with E-state index in [1.54, 1.807) is 12.1 Å². The standard InChI is InChI=1S/C22H16O3/c23-21(14-15-22(24)25)20-12-10-19(11-13-20)18-8-6-17(7-9-18)16-4-2-1-3-5-16/h1-15H,(H,24,25). The maximum absolute atomic E-state index is 11.8. The van der Waals surface area contributed by atoms with Gasteiger partial charge < -0.3 is 5.11 Å². The van der Waals surface area contributed by atoms with Crippen molar-refractivity contribution < 1.29 is 14.7 Å². The fourth-order valence-electron chi connectivity index (χ4n) is 2.56. The molecule has 0 saturated heterocycles. The van der Waals surface area contributed by atoms with E-state index in [2.05, 4.69) is 24.3 Å². The number of allylic oxidation sites excluding steroid dienone is 1. The molecule has 0 saturated carbocycles. The van der Waals surface area contributed by atoms with Crippen molar-refractivity contribution >= 4 is 11.8 Å². The smallest absolute Gasteiger partial charge is 0.328 e. The Bertz CT molecular complexity index is 906. The van der Waals surface area contributed by atoms with Gasteiger partial charge in [0, 0.05) is 11.6 Å². The molecule has 0 fully saturated rings. The molecule has 0 unspecified atom stereocenters. The highest BCUT2D eigenvalue weighted by Crippen LogP contribution is 2.25. The second kappa shape index (κ2) is 7.41. The number of ketones is 1. The molecule has 3 rings (SSSR count). The van der Waals surface area contributed by atoms with E-state index in [9.17, 15) is 9.59 Å². The van der Waals surface area contributed by atoms with Gasteiger partial charge in [-0.15, -0.1) is 0 Å². The number of hydrogen-bond acceptors (Lipinski definition) is 2. The molecule has 3 heteroatoms. The van der Waals surface area contributed by atoms with Crippen molar-refractivity contribution in [2.75, 3.05) is 0 Å². The maximum atomic E-state index is 11.8. The Kier molecular flexibility index (Phi) is 4.86. The van der Waals surface area contributed by atoms with Crippen molar-refractivity contribution in [3.05, 3.63) is 96.6 Å². The first-order valence-electron chi connectivity index (χ1n) is 7.85. The lowest BCUT2D eigenvalue weighted by molar-refractivity contribution is -0.131. The monoisotopic (exact) mass is 328 g/mol. The van der Waals surface area contributed by atoms with Crippen LogP contribution in [0, 0.1) is 0 Å². The molecule has 3 aromatic carbocycles. The minimum absolute atomic E-state index is 0.326. The van der Waals surface area contributed by atoms with Gasteiger partial charge in [-0.25, -0.2) is 4.79 Å². The van der Waals surface area contributed by atoms with Gasteiger partial charge in [-0.3, -0.25) is 4.79 Å². The van der Waals surface area contributed by atoms with Crippen LogP contribution in [0.25, 0.3) is 22.3 Å². The fourth-order valence-corrected chi connectivity index (χ4v) is 2.56. The van der Waals surface area contributed by atoms with E-state index >= 15 is 0 Å². The molecular weight excluding hydrogens is 312 g/mol. The number of carboxylic acids is 1. The van der Waals surface area contributed by atoms with Crippen LogP contribution in [-0.4, -0.2) is 16.9 Å². The highest BCUT2D eigenvalue weighted by atomic mass is 16.4. The Morgan fingerprint density at radius 2 is 1.04 bits per heavy atom. The SMILES string of the molecule is O=C(O)C=CC(=O)c1ccc(-c2ccc(-c3ccccc3)cc2)cc1. The summed E-state index contributed by atoms with van der Waals surface area (Å²) in [5.74, 6) is -1.46. The lowest BCUT2D eigenvalue weighted by Gasteiger charge is -2.06. The Morgan fingerprint density at radius 1 is 0.600 bits per heavy atom. The van der Waals surface area contributed by atoms with Gasteiger partial charge >= 0.3 is 5.97 Å². The fraction of sp³-hybridized carbons (Fsp3) is 0. The second-order valence-corrected chi connectivity index (χ2v) is 5.56. The van der Waals surface area contributed by atoms with Crippen LogP contribution in [0.2, 0.25) is 0 Å². The zero-order valence-corrected chi connectivity index (χ0v) is 13.4. The minimum Gasteiger partial charge on any atom is -0.478 e. The summed E-state index contributed by atoms with van der Waals surface area (Å²) < 4.78 is 0. The summed E-state index contributed by atoms with van der Waals surface area (Å²) in [6, 6.07) is 25.5. The van der Waals surface area contributed by atoms with Crippen molar-refractivity contribution in [2.24, 2.45) is 0 Å². The van der Waals surface area contributed by atoms with Gasteiger partial charge in [0.15, 0.2) is 5.78 Å². The van der Waals surface area contributed by atoms with Crippen molar-refractivity contribution in [1.29, 1.82) is 0 Å². The number of benzene rings is 3. The molecule has 3 nitrogen and oxygen atoms in total. The van der Waals surface area contributed by atoms with Crippen LogP contribution in [0.5, 0.6) is 0 Å². The van der Waals surface area contributed by atoms with Crippen LogP contribution in [0.1, 0.15) is 10.4 Å². The van der Waals surface area contributed by atoms with Crippen LogP contribution in [0.3, 0.4) is 0 Å². The van der Waals surface area contributed by atoms with Crippen LogP contribution < -0.4 is 0 Å². The van der Waals surface area contributed by atoms with Gasteiger partial charge in [0.1, 0.15) is 0 Å². The molecule has 25 heavy (non-hydrogen) atoms. The van der Waals surface area contributed by atoms with E-state index in [0.717, 1.165) is 28.8 Å². The summed E-state index contributed by atoms with van der Waals surface area (Å²) in [6.07, 6.45) is 1.91. The molecule has 3 aromatic rings. The predicted octanol–water partition coefficient (Wildman–Crippen LogP) is 4.84. The third kappa shape index (κ3) is 4.09. The van der Waals surface area contributed by atoms with Gasteiger partial charge in [0.05, 0.1) is 0 Å². The van der Waals surface area contributed by atoms with E-state index in [-0.39, 0.29) is 5.78 Å². The van der Waals surface area contributed by atoms with E-state index in [0.29, 0.717) is 5.56 Å². The third-order valence-corrected chi connectivity index (χ3v) is 3.87. The Hall–Kier alpha value is -3.46. The van der Waals surface area contributed by atoms with E-state index < -0.39 is 5.97 Å². The maximum Gasteiger partial charge on any atom is 0.328 e. The molecular formula is C22H16O3. The lowest BCUT2D eigenvalue weighted by atomic mass is 9.99. The number of hydrogen-bond donors (Lipinski definition) is 1. The molecule has 0 heterocycles. The average molecular weight is 328 g/mol. The molecule has 0 bridgehead atoms. The van der Waals surface area contributed by atoms with Crippen molar-refractivity contribution in [2.45, 2.75) is 0 Å². The van der Waals surface area contributed by atoms with Gasteiger partial charge in [0.25, 0.3) is 0 Å². The highest BCUT2D eigenvalue weighted by molar-refractivity contribution is 6.07. The van der Waals surface area contributed by atoms with Crippen LogP contribution in [0.4, 0.5) is 0 Å². The summed E-state index contributed by atoms with van der Waals surface area (Å²) in [4.78, 5) is 22.3. The lowest BCUT2D eigenvalue weighted by Crippen LogP contribution is -1.96. The number of carbonyl (C=O) groups excluding carboxylic acids is 1. The van der Waals surface area contributed by atoms with Crippen LogP contribution >= 0.6 is 0 Å². The van der Waals surface area contributed by atoms with E-state index in [1.807, 2.05) is 42.5 Å². The van der Waals surface area contributed by atoms with Crippen LogP contribution in [-0.2, 0) is 4.79 Å². The van der Waals surface area contributed by atoms with Crippen molar-refractivity contribution in [1.82, 2.24) is 0 Å². The largest absolute Gasteiger partial charge is 0.478 e. The van der Waals surface area contributed by atoms with Crippen molar-refractivity contribution in [3.8, 4) is 22.3 Å². The number of carbonyl (C=O) groups is 2. The topological polar surface area (TPSA) is 54.4 Å². The molecule has 0 aliphatic heterocycles. The molecule has 0 amide bonds. The molecule has 122 valence electrons. The Balaban J connectivity index is 1.78. The first-order chi connectivity index (χ1) is 12.1.